The number of aliphatic imine (C=N–C) groups is 1. The zero-order valence-corrected chi connectivity index (χ0v) is 15.5. The fraction of sp³-hybridized carbons (Fsp3) is 0.722. The van der Waals surface area contributed by atoms with Crippen molar-refractivity contribution in [3.63, 3.8) is 0 Å². The van der Waals surface area contributed by atoms with Crippen LogP contribution in [0, 0.1) is 10.8 Å². The second kappa shape index (κ2) is 8.81. The molecule has 1 amide bonds. The molecule has 25 heavy (non-hydrogen) atoms. The van der Waals surface area contributed by atoms with Crippen LogP contribution in [0.15, 0.2) is 17.1 Å². The van der Waals surface area contributed by atoms with Crippen molar-refractivity contribution in [1.29, 1.82) is 0 Å². The van der Waals surface area contributed by atoms with Crippen LogP contribution in [0.1, 0.15) is 47.0 Å². The molecule has 0 radical (unpaired) electrons. The Bertz CT molecular complexity index is 566. The molecule has 1 fully saturated rings. The van der Waals surface area contributed by atoms with E-state index in [1.165, 1.54) is 0 Å². The van der Waals surface area contributed by atoms with E-state index in [0.29, 0.717) is 18.5 Å². The molecule has 0 heterocycles. The summed E-state index contributed by atoms with van der Waals surface area (Å²) in [4.78, 5) is 37.5. The zero-order chi connectivity index (χ0) is 19.1. The minimum absolute atomic E-state index is 0.0143. The number of rotatable bonds is 7. The van der Waals surface area contributed by atoms with E-state index in [9.17, 15) is 14.4 Å². The molecule has 0 aromatic heterocycles. The first-order valence-corrected chi connectivity index (χ1v) is 8.37. The first kappa shape index (κ1) is 20.9. The third-order valence-corrected chi connectivity index (χ3v) is 4.21. The Hall–Kier alpha value is -2.14. The Labute approximate surface area is 148 Å². The minimum Gasteiger partial charge on any atom is -0.459 e. The molecule has 0 spiro atoms. The van der Waals surface area contributed by atoms with Crippen molar-refractivity contribution >= 4 is 18.1 Å². The third-order valence-electron chi connectivity index (χ3n) is 4.21. The minimum atomic E-state index is -0.564. The van der Waals surface area contributed by atoms with Crippen LogP contribution in [0.5, 0.6) is 0 Å². The second-order valence-electron chi connectivity index (χ2n) is 7.84. The first-order valence-electron chi connectivity index (χ1n) is 8.37. The van der Waals surface area contributed by atoms with Gasteiger partial charge in [0.1, 0.15) is 13.2 Å². The monoisotopic (exact) mass is 352 g/mol. The quantitative estimate of drug-likeness (QED) is 0.250. The summed E-state index contributed by atoms with van der Waals surface area (Å²) < 4.78 is 9.84. The van der Waals surface area contributed by atoms with E-state index in [-0.39, 0.29) is 30.1 Å². The highest BCUT2D eigenvalue weighted by Gasteiger charge is 2.41. The van der Waals surface area contributed by atoms with Crippen molar-refractivity contribution in [2.24, 2.45) is 15.8 Å². The van der Waals surface area contributed by atoms with Gasteiger partial charge in [-0.15, -0.1) is 0 Å². The molecule has 0 saturated heterocycles. The molecule has 7 nitrogen and oxygen atoms in total. The number of hydrogen-bond donors (Lipinski definition) is 1. The molecule has 0 unspecified atom stereocenters. The average Bonchev–Trinajstić information content (AvgIpc) is 2.47. The Morgan fingerprint density at radius 3 is 2.48 bits per heavy atom. The predicted molar refractivity (Wildman–Crippen MR) is 92.8 cm³/mol. The van der Waals surface area contributed by atoms with Crippen molar-refractivity contribution in [1.82, 2.24) is 5.32 Å². The summed E-state index contributed by atoms with van der Waals surface area (Å²) in [5, 5.41) is 2.74. The van der Waals surface area contributed by atoms with Crippen molar-refractivity contribution in [2.45, 2.75) is 53.0 Å². The maximum Gasteiger partial charge on any atom is 0.407 e. The van der Waals surface area contributed by atoms with Gasteiger partial charge in [0.15, 0.2) is 0 Å². The van der Waals surface area contributed by atoms with Crippen LogP contribution in [0.2, 0.25) is 0 Å². The van der Waals surface area contributed by atoms with Gasteiger partial charge in [0.2, 0.25) is 6.08 Å². The molecule has 0 aliphatic heterocycles. The molecule has 1 saturated carbocycles. The summed E-state index contributed by atoms with van der Waals surface area (Å²) in [6.07, 6.45) is 3.53. The van der Waals surface area contributed by atoms with E-state index in [4.69, 9.17) is 9.47 Å². The normalized spacial score (nSPS) is 24.6. The van der Waals surface area contributed by atoms with E-state index in [1.807, 2.05) is 0 Å². The molecule has 1 rings (SSSR count). The van der Waals surface area contributed by atoms with Crippen LogP contribution in [0.25, 0.3) is 0 Å². The van der Waals surface area contributed by atoms with E-state index in [1.54, 1.807) is 13.0 Å². The van der Waals surface area contributed by atoms with Crippen LogP contribution in [-0.4, -0.2) is 43.9 Å². The van der Waals surface area contributed by atoms with Gasteiger partial charge in [-0.25, -0.2) is 19.4 Å². The Morgan fingerprint density at radius 2 is 1.88 bits per heavy atom. The summed E-state index contributed by atoms with van der Waals surface area (Å²) in [7, 11) is 0. The summed E-state index contributed by atoms with van der Waals surface area (Å²) in [5.41, 5.74) is 0.142. The Morgan fingerprint density at radius 1 is 1.24 bits per heavy atom. The van der Waals surface area contributed by atoms with Gasteiger partial charge in [0.05, 0.1) is 6.04 Å². The molecule has 0 bridgehead atoms. The molecular formula is C18H28N2O5. The Balaban J connectivity index is 2.41. The molecule has 0 aromatic rings. The van der Waals surface area contributed by atoms with Crippen molar-refractivity contribution in [3.8, 4) is 0 Å². The lowest BCUT2D eigenvalue weighted by atomic mass is 9.63. The van der Waals surface area contributed by atoms with E-state index in [0.717, 1.165) is 12.8 Å². The topological polar surface area (TPSA) is 94.1 Å². The van der Waals surface area contributed by atoms with Gasteiger partial charge in [-0.1, -0.05) is 27.4 Å². The number of nitrogens with zero attached hydrogens (tertiary/aromatic N) is 1. The maximum absolute atomic E-state index is 11.8. The second-order valence-corrected chi connectivity index (χ2v) is 7.84. The number of nitrogens with one attached hydrogen (secondary N) is 1. The van der Waals surface area contributed by atoms with Gasteiger partial charge < -0.3 is 14.8 Å². The summed E-state index contributed by atoms with van der Waals surface area (Å²) in [6.45, 7) is 11.7. The molecule has 140 valence electrons. The van der Waals surface area contributed by atoms with Crippen LogP contribution < -0.4 is 5.32 Å². The molecular weight excluding hydrogens is 324 g/mol. The summed E-state index contributed by atoms with van der Waals surface area (Å²) >= 11 is 0. The third kappa shape index (κ3) is 7.52. The van der Waals surface area contributed by atoms with Gasteiger partial charge in [0.25, 0.3) is 0 Å². The van der Waals surface area contributed by atoms with E-state index >= 15 is 0 Å². The summed E-state index contributed by atoms with van der Waals surface area (Å²) in [5.74, 6) is -0.511. The van der Waals surface area contributed by atoms with Gasteiger partial charge >= 0.3 is 12.1 Å². The van der Waals surface area contributed by atoms with Crippen molar-refractivity contribution in [3.05, 3.63) is 12.2 Å². The fourth-order valence-corrected chi connectivity index (χ4v) is 3.61. The average molecular weight is 352 g/mol. The first-order chi connectivity index (χ1) is 11.6. The fourth-order valence-electron chi connectivity index (χ4n) is 3.61. The van der Waals surface area contributed by atoms with Crippen LogP contribution in [0.4, 0.5) is 4.79 Å². The number of amides is 1. The molecule has 1 aliphatic carbocycles. The van der Waals surface area contributed by atoms with Gasteiger partial charge in [-0.2, -0.15) is 0 Å². The van der Waals surface area contributed by atoms with Crippen LogP contribution >= 0.6 is 0 Å². The molecule has 1 N–H and O–H groups in total. The zero-order valence-electron chi connectivity index (χ0n) is 15.5. The highest BCUT2D eigenvalue weighted by atomic mass is 16.6. The van der Waals surface area contributed by atoms with Gasteiger partial charge in [-0.05, 0) is 37.0 Å². The maximum atomic E-state index is 11.8. The number of esters is 1. The van der Waals surface area contributed by atoms with Crippen molar-refractivity contribution < 1.29 is 23.9 Å². The van der Waals surface area contributed by atoms with Crippen LogP contribution in [-0.2, 0) is 19.1 Å². The van der Waals surface area contributed by atoms with Gasteiger partial charge in [0, 0.05) is 12.1 Å². The molecule has 1 aliphatic rings. The number of carbonyl (C=O) groups is 2. The largest absolute Gasteiger partial charge is 0.459 e. The lowest BCUT2D eigenvalue weighted by Crippen LogP contribution is -2.45. The summed E-state index contributed by atoms with van der Waals surface area (Å²) in [6, 6.07) is -0.0781. The lowest BCUT2D eigenvalue weighted by molar-refractivity contribution is -0.139. The van der Waals surface area contributed by atoms with E-state index in [2.05, 4.69) is 37.7 Å². The molecule has 0 aromatic carbocycles. The molecule has 2 atom stereocenters. The predicted octanol–water partition coefficient (Wildman–Crippen LogP) is 2.75. The SMILES string of the molecule is C=C(C)C(=O)OCCOC(=O)NC[C@@]1(C)C[C@H](N=C=O)CC(C)(C)C1. The number of isocyanates is 1. The standard InChI is InChI=1S/C18H28N2O5/c1-13(2)15(22)24-6-7-25-16(23)19-11-18(5)9-14(20-12-21)8-17(3,4)10-18/h14H,1,6-11H2,2-5H3,(H,19,23)/t14-,18+/m1/s1. The number of hydrogen-bond acceptors (Lipinski definition) is 6. The van der Waals surface area contributed by atoms with Crippen molar-refractivity contribution in [2.75, 3.05) is 19.8 Å². The lowest BCUT2D eigenvalue weighted by Gasteiger charge is -2.45. The number of alkyl carbamates (subject to hydrolysis) is 1. The van der Waals surface area contributed by atoms with Gasteiger partial charge in [-0.3, -0.25) is 0 Å². The Kier molecular flexibility index (Phi) is 7.37. The van der Waals surface area contributed by atoms with Crippen LogP contribution in [0.3, 0.4) is 0 Å². The van der Waals surface area contributed by atoms with E-state index < -0.39 is 12.1 Å². The number of carbonyl (C=O) groups excluding carboxylic acids is 3. The number of ether oxygens (including phenoxy) is 2. The highest BCUT2D eigenvalue weighted by molar-refractivity contribution is 5.86. The molecule has 7 heteroatoms. The highest BCUT2D eigenvalue weighted by Crippen LogP contribution is 2.46. The smallest absolute Gasteiger partial charge is 0.407 e.